The number of nitrogens with zero attached hydrogens (tertiary/aromatic N) is 1. The van der Waals surface area contributed by atoms with Crippen molar-refractivity contribution in [3.05, 3.63) is 59.2 Å². The molecule has 0 amide bonds. The van der Waals surface area contributed by atoms with Gasteiger partial charge in [0.15, 0.2) is 0 Å². The van der Waals surface area contributed by atoms with Gasteiger partial charge in [-0.15, -0.1) is 0 Å². The smallest absolute Gasteiger partial charge is 0.335 e. The van der Waals surface area contributed by atoms with Gasteiger partial charge in [0.2, 0.25) is 0 Å². The molecule has 0 aliphatic heterocycles. The van der Waals surface area contributed by atoms with Gasteiger partial charge in [-0.25, -0.2) is 4.79 Å². The molecule has 0 aliphatic carbocycles. The largest absolute Gasteiger partial charge is 0.508 e. The summed E-state index contributed by atoms with van der Waals surface area (Å²) in [6, 6.07) is 10.4. The molecule has 0 atom stereocenters. The van der Waals surface area contributed by atoms with Gasteiger partial charge in [-0.2, -0.15) is 0 Å². The van der Waals surface area contributed by atoms with Crippen molar-refractivity contribution in [2.24, 2.45) is 0 Å². The monoisotopic (exact) mass is 331 g/mol. The normalized spacial score (nSPS) is 10.7. The van der Waals surface area contributed by atoms with Crippen LogP contribution in [0.3, 0.4) is 0 Å². The predicted molar refractivity (Wildman–Crippen MR) is 84.9 cm³/mol. The molecular weight excluding hydrogens is 314 g/mol. The standard InChI is InChI=1S/C17H17NO6/c19-14-4-2-1-3-12(14)8-18(10-16(21)22)9-13-7-11(17(23)24)5-6-15(13)20/h1-7,19-20H,8-10H2,(H,21,22)(H,23,24). The molecule has 7 heteroatoms. The third-order valence-electron chi connectivity index (χ3n) is 3.46. The van der Waals surface area contributed by atoms with E-state index in [1.54, 1.807) is 18.2 Å². The lowest BCUT2D eigenvalue weighted by Crippen LogP contribution is -2.29. The number of hydrogen-bond donors (Lipinski definition) is 4. The second kappa shape index (κ2) is 7.47. The average molecular weight is 331 g/mol. The van der Waals surface area contributed by atoms with E-state index in [1.807, 2.05) is 0 Å². The van der Waals surface area contributed by atoms with E-state index in [9.17, 15) is 19.8 Å². The van der Waals surface area contributed by atoms with Gasteiger partial charge in [0.25, 0.3) is 0 Å². The van der Waals surface area contributed by atoms with E-state index >= 15 is 0 Å². The number of hydrogen-bond acceptors (Lipinski definition) is 5. The lowest BCUT2D eigenvalue weighted by atomic mass is 10.1. The molecule has 0 bridgehead atoms. The summed E-state index contributed by atoms with van der Waals surface area (Å²) in [5.74, 6) is -2.29. The number of carbonyl (C=O) groups is 2. The lowest BCUT2D eigenvalue weighted by molar-refractivity contribution is -0.138. The first-order chi connectivity index (χ1) is 11.4. The fraction of sp³-hybridized carbons (Fsp3) is 0.176. The second-order valence-electron chi connectivity index (χ2n) is 5.32. The molecule has 2 rings (SSSR count). The van der Waals surface area contributed by atoms with Crippen LogP contribution in [-0.4, -0.2) is 43.8 Å². The molecule has 126 valence electrons. The molecule has 2 aromatic rings. The van der Waals surface area contributed by atoms with Gasteiger partial charge in [-0.05, 0) is 24.3 Å². The predicted octanol–water partition coefficient (Wildman–Crippen LogP) is 1.88. The van der Waals surface area contributed by atoms with E-state index in [-0.39, 0.29) is 36.7 Å². The van der Waals surface area contributed by atoms with Crippen LogP contribution in [0.1, 0.15) is 21.5 Å². The zero-order valence-corrected chi connectivity index (χ0v) is 12.7. The van der Waals surface area contributed by atoms with Crippen molar-refractivity contribution in [1.29, 1.82) is 0 Å². The Bertz CT molecular complexity index is 758. The first-order valence-electron chi connectivity index (χ1n) is 7.13. The van der Waals surface area contributed by atoms with Crippen LogP contribution >= 0.6 is 0 Å². The number of carboxylic acids is 2. The molecule has 0 aliphatic rings. The number of aromatic hydroxyl groups is 2. The van der Waals surface area contributed by atoms with Gasteiger partial charge in [-0.1, -0.05) is 18.2 Å². The lowest BCUT2D eigenvalue weighted by Gasteiger charge is -2.21. The molecule has 0 heterocycles. The van der Waals surface area contributed by atoms with Gasteiger partial charge >= 0.3 is 11.9 Å². The van der Waals surface area contributed by atoms with E-state index in [0.29, 0.717) is 11.1 Å². The topological polar surface area (TPSA) is 118 Å². The number of carboxylic acid groups (broad SMARTS) is 2. The minimum Gasteiger partial charge on any atom is -0.508 e. The molecule has 0 radical (unpaired) electrons. The number of para-hydroxylation sites is 1. The Hall–Kier alpha value is -3.06. The molecule has 0 unspecified atom stereocenters. The Kier molecular flexibility index (Phi) is 5.39. The van der Waals surface area contributed by atoms with Crippen LogP contribution in [0.5, 0.6) is 11.5 Å². The van der Waals surface area contributed by atoms with Crippen LogP contribution in [-0.2, 0) is 17.9 Å². The summed E-state index contributed by atoms with van der Waals surface area (Å²) in [6.07, 6.45) is 0. The maximum Gasteiger partial charge on any atom is 0.335 e. The maximum absolute atomic E-state index is 11.1. The van der Waals surface area contributed by atoms with Crippen molar-refractivity contribution in [2.45, 2.75) is 13.1 Å². The van der Waals surface area contributed by atoms with Crippen molar-refractivity contribution < 1.29 is 30.0 Å². The van der Waals surface area contributed by atoms with Gasteiger partial charge in [0, 0.05) is 24.2 Å². The summed E-state index contributed by atoms with van der Waals surface area (Å²) in [5, 5.41) is 37.8. The average Bonchev–Trinajstić information content (AvgIpc) is 2.50. The van der Waals surface area contributed by atoms with Crippen LogP contribution in [0, 0.1) is 0 Å². The van der Waals surface area contributed by atoms with Gasteiger partial charge in [0.05, 0.1) is 12.1 Å². The van der Waals surface area contributed by atoms with E-state index < -0.39 is 11.9 Å². The van der Waals surface area contributed by atoms with Crippen LogP contribution in [0.15, 0.2) is 42.5 Å². The molecule has 24 heavy (non-hydrogen) atoms. The fourth-order valence-corrected chi connectivity index (χ4v) is 2.33. The first-order valence-corrected chi connectivity index (χ1v) is 7.13. The Morgan fingerprint density at radius 3 is 2.12 bits per heavy atom. The number of aliphatic carboxylic acids is 1. The molecule has 0 saturated heterocycles. The van der Waals surface area contributed by atoms with Crippen LogP contribution in [0.25, 0.3) is 0 Å². The zero-order valence-electron chi connectivity index (χ0n) is 12.7. The number of aromatic carboxylic acids is 1. The Morgan fingerprint density at radius 1 is 0.875 bits per heavy atom. The SMILES string of the molecule is O=C(O)CN(Cc1ccccc1O)Cc1cc(C(=O)O)ccc1O. The highest BCUT2D eigenvalue weighted by Gasteiger charge is 2.16. The summed E-state index contributed by atoms with van der Waals surface area (Å²) in [6.45, 7) is -0.172. The van der Waals surface area contributed by atoms with E-state index in [2.05, 4.69) is 0 Å². The third kappa shape index (κ3) is 4.47. The summed E-state index contributed by atoms with van der Waals surface area (Å²) >= 11 is 0. The Morgan fingerprint density at radius 2 is 1.50 bits per heavy atom. The minimum absolute atomic E-state index is 0.000586. The van der Waals surface area contributed by atoms with Crippen molar-refractivity contribution in [2.75, 3.05) is 6.54 Å². The van der Waals surface area contributed by atoms with E-state index in [1.165, 1.54) is 29.2 Å². The van der Waals surface area contributed by atoms with Gasteiger partial charge < -0.3 is 20.4 Å². The maximum atomic E-state index is 11.1. The van der Waals surface area contributed by atoms with E-state index in [4.69, 9.17) is 10.2 Å². The zero-order chi connectivity index (χ0) is 17.7. The van der Waals surface area contributed by atoms with Crippen LogP contribution in [0.2, 0.25) is 0 Å². The van der Waals surface area contributed by atoms with Crippen molar-refractivity contribution in [3.8, 4) is 11.5 Å². The quantitative estimate of drug-likeness (QED) is 0.612. The third-order valence-corrected chi connectivity index (χ3v) is 3.46. The second-order valence-corrected chi connectivity index (χ2v) is 5.32. The van der Waals surface area contributed by atoms with Crippen LogP contribution in [0.4, 0.5) is 0 Å². The summed E-state index contributed by atoms with van der Waals surface area (Å²) in [7, 11) is 0. The molecular formula is C17H17NO6. The summed E-state index contributed by atoms with van der Waals surface area (Å²) < 4.78 is 0. The summed E-state index contributed by atoms with van der Waals surface area (Å²) in [4.78, 5) is 23.6. The molecule has 0 spiro atoms. The number of benzene rings is 2. The Labute approximate surface area is 138 Å². The highest BCUT2D eigenvalue weighted by Crippen LogP contribution is 2.23. The molecule has 0 saturated carbocycles. The number of phenolic OH excluding ortho intramolecular Hbond substituents is 2. The molecule has 7 nitrogen and oxygen atoms in total. The van der Waals surface area contributed by atoms with Gasteiger partial charge in [-0.3, -0.25) is 9.69 Å². The highest BCUT2D eigenvalue weighted by atomic mass is 16.4. The van der Waals surface area contributed by atoms with Crippen molar-refractivity contribution in [3.63, 3.8) is 0 Å². The highest BCUT2D eigenvalue weighted by molar-refractivity contribution is 5.88. The number of phenols is 2. The minimum atomic E-state index is -1.14. The van der Waals surface area contributed by atoms with Crippen LogP contribution < -0.4 is 0 Å². The Balaban J connectivity index is 2.26. The molecule has 4 N–H and O–H groups in total. The fourth-order valence-electron chi connectivity index (χ4n) is 2.33. The van der Waals surface area contributed by atoms with Crippen molar-refractivity contribution >= 4 is 11.9 Å². The number of rotatable bonds is 7. The summed E-state index contributed by atoms with van der Waals surface area (Å²) in [5.41, 5.74) is 0.833. The molecule has 0 fully saturated rings. The van der Waals surface area contributed by atoms with E-state index in [0.717, 1.165) is 0 Å². The molecule has 2 aromatic carbocycles. The first kappa shape index (κ1) is 17.3. The van der Waals surface area contributed by atoms with Gasteiger partial charge in [0.1, 0.15) is 11.5 Å². The molecule has 0 aromatic heterocycles. The van der Waals surface area contributed by atoms with Crippen molar-refractivity contribution in [1.82, 2.24) is 4.90 Å².